The van der Waals surface area contributed by atoms with Gasteiger partial charge in [0.2, 0.25) is 5.91 Å². The number of anilines is 1. The largest absolute Gasteiger partial charge is 0.481 e. The smallest absolute Gasteiger partial charge is 0.337 e. The minimum Gasteiger partial charge on any atom is -0.481 e. The van der Waals surface area contributed by atoms with Crippen molar-refractivity contribution in [2.24, 2.45) is 10.8 Å². The highest BCUT2D eigenvalue weighted by Crippen LogP contribution is 2.52. The molecule has 1 heterocycles. The fraction of sp³-hybridized carbons (Fsp3) is 0.378. The topological polar surface area (TPSA) is 119 Å². The Morgan fingerprint density at radius 3 is 2.40 bits per heavy atom. The molecule has 2 aromatic rings. The summed E-state index contributed by atoms with van der Waals surface area (Å²) in [6.45, 7) is 10.6. The lowest BCUT2D eigenvalue weighted by Gasteiger charge is -2.43. The predicted octanol–water partition coefficient (Wildman–Crippen LogP) is 7.73. The first kappa shape index (κ1) is 35.8. The molecule has 1 fully saturated rings. The number of amides is 1. The Labute approximate surface area is 286 Å². The van der Waals surface area contributed by atoms with Crippen molar-refractivity contribution in [3.63, 3.8) is 0 Å². The van der Waals surface area contributed by atoms with Crippen molar-refractivity contribution in [3.8, 4) is 0 Å². The monoisotopic (exact) mass is 679 g/mol. The normalized spacial score (nSPS) is 23.6. The average Bonchev–Trinajstić information content (AvgIpc) is 3.24. The van der Waals surface area contributed by atoms with Crippen LogP contribution in [-0.2, 0) is 20.8 Å². The molecule has 1 aliphatic carbocycles. The van der Waals surface area contributed by atoms with E-state index in [1.54, 1.807) is 48.7 Å². The second kappa shape index (κ2) is 14.8. The summed E-state index contributed by atoms with van der Waals surface area (Å²) in [5, 5.41) is 27.1. The molecule has 0 radical (unpaired) electrons. The second-order valence-corrected chi connectivity index (χ2v) is 14.3. The third-order valence-electron chi connectivity index (χ3n) is 8.45. The molecule has 47 heavy (non-hydrogen) atoms. The van der Waals surface area contributed by atoms with Gasteiger partial charge in [0.1, 0.15) is 6.04 Å². The summed E-state index contributed by atoms with van der Waals surface area (Å²) in [4.78, 5) is 39.9. The van der Waals surface area contributed by atoms with Crippen LogP contribution in [0.5, 0.6) is 0 Å². The lowest BCUT2D eigenvalue weighted by Crippen LogP contribution is -2.45. The molecule has 0 saturated carbocycles. The Morgan fingerprint density at radius 1 is 1.11 bits per heavy atom. The molecule has 1 saturated heterocycles. The van der Waals surface area contributed by atoms with E-state index in [0.717, 1.165) is 11.3 Å². The summed E-state index contributed by atoms with van der Waals surface area (Å²) in [7, 11) is 0. The van der Waals surface area contributed by atoms with Gasteiger partial charge in [-0.3, -0.25) is 9.59 Å². The van der Waals surface area contributed by atoms with Crippen molar-refractivity contribution in [2.75, 3.05) is 11.9 Å². The minimum atomic E-state index is -1.05. The summed E-state index contributed by atoms with van der Waals surface area (Å²) in [5.74, 6) is -2.82. The molecule has 4 atom stereocenters. The van der Waals surface area contributed by atoms with Gasteiger partial charge >= 0.3 is 11.9 Å². The number of halogens is 2. The highest BCUT2D eigenvalue weighted by molar-refractivity contribution is 6.31. The fourth-order valence-corrected chi connectivity index (χ4v) is 6.78. The van der Waals surface area contributed by atoms with Gasteiger partial charge in [0.25, 0.3) is 0 Å². The van der Waals surface area contributed by atoms with Gasteiger partial charge in [-0.15, -0.1) is 0 Å². The van der Waals surface area contributed by atoms with Crippen LogP contribution < -0.4 is 10.6 Å². The number of benzene rings is 2. The molecule has 0 unspecified atom stereocenters. The van der Waals surface area contributed by atoms with Gasteiger partial charge in [-0.1, -0.05) is 112 Å². The molecule has 1 aliphatic heterocycles. The van der Waals surface area contributed by atoms with E-state index in [2.05, 4.69) is 44.4 Å². The molecule has 1 amide bonds. The molecule has 4 rings (SSSR count). The van der Waals surface area contributed by atoms with Crippen molar-refractivity contribution in [1.82, 2.24) is 10.2 Å². The van der Waals surface area contributed by atoms with E-state index in [1.807, 2.05) is 36.1 Å². The zero-order valence-electron chi connectivity index (χ0n) is 27.4. The van der Waals surface area contributed by atoms with Crippen LogP contribution in [0.25, 0.3) is 0 Å². The van der Waals surface area contributed by atoms with Crippen LogP contribution in [0.1, 0.15) is 64.5 Å². The van der Waals surface area contributed by atoms with E-state index in [1.165, 1.54) is 0 Å². The molecule has 8 nitrogen and oxygen atoms in total. The molecular weight excluding hydrogens is 637 g/mol. The number of carboxylic acids is 2. The standard InChI is InChI=1S/C37H43Cl2N3O5/c1-6-7-12-24(35(46)47)21-42(29-17-16-28(29)39)22-37(5)30(20-36(2,3)4)41-33(32(37)26-14-8-9-15-27(26)38)34(45)40-25-13-10-11-23(18-25)19-31(43)44/h7-16,18,20-21,29,32-33,41H,6,17,19,22H2,1-5H3,(H,40,45)(H,43,44)(H,46,47)/b12-7-,24-21+,30-20-/t29-,32+,33-,37-/m1/s1. The highest BCUT2D eigenvalue weighted by atomic mass is 35.5. The van der Waals surface area contributed by atoms with Crippen molar-refractivity contribution < 1.29 is 24.6 Å². The van der Waals surface area contributed by atoms with Crippen LogP contribution in [0.15, 0.2) is 95.3 Å². The third-order valence-corrected chi connectivity index (χ3v) is 9.20. The molecule has 250 valence electrons. The van der Waals surface area contributed by atoms with E-state index >= 15 is 0 Å². The highest BCUT2D eigenvalue weighted by Gasteiger charge is 2.54. The van der Waals surface area contributed by atoms with E-state index < -0.39 is 29.3 Å². The number of nitrogens with one attached hydrogen (secondary N) is 2. The molecule has 0 bridgehead atoms. The number of carboxylic acid groups (broad SMARTS) is 2. The Kier molecular flexibility index (Phi) is 11.3. The maximum atomic E-state index is 14.3. The molecule has 2 aliphatic rings. The summed E-state index contributed by atoms with van der Waals surface area (Å²) in [6.07, 6.45) is 10.3. The van der Waals surface area contributed by atoms with Crippen LogP contribution in [0.3, 0.4) is 0 Å². The van der Waals surface area contributed by atoms with Crippen molar-refractivity contribution >= 4 is 46.7 Å². The summed E-state index contributed by atoms with van der Waals surface area (Å²) in [5.41, 5.74) is 1.70. The van der Waals surface area contributed by atoms with Gasteiger partial charge < -0.3 is 25.7 Å². The first-order valence-electron chi connectivity index (χ1n) is 15.7. The van der Waals surface area contributed by atoms with Gasteiger partial charge in [-0.05, 0) is 47.6 Å². The van der Waals surface area contributed by atoms with Crippen molar-refractivity contribution in [3.05, 3.63) is 111 Å². The lowest BCUT2D eigenvalue weighted by atomic mass is 9.69. The fourth-order valence-electron chi connectivity index (χ4n) is 6.22. The number of allylic oxidation sites excluding steroid dienone is 2. The number of carbonyl (C=O) groups excluding carboxylic acids is 1. The van der Waals surface area contributed by atoms with E-state index in [0.29, 0.717) is 40.7 Å². The SMILES string of the molecule is CC/C=C\C(=C/N(C[C@]1(C)/C(=C/C(C)(C)C)N[C@@H](C(=O)Nc2cccc(CC(=O)O)c2)[C@@H]1c1ccccc1Cl)[C@@H]1CC=C1Cl)C(=O)O. The number of hydrogen-bond acceptors (Lipinski definition) is 5. The van der Waals surface area contributed by atoms with Crippen LogP contribution in [0.2, 0.25) is 5.02 Å². The second-order valence-electron chi connectivity index (χ2n) is 13.4. The van der Waals surface area contributed by atoms with E-state index in [4.69, 9.17) is 23.2 Å². The van der Waals surface area contributed by atoms with Gasteiger partial charge in [-0.25, -0.2) is 4.79 Å². The number of carbonyl (C=O) groups is 3. The summed E-state index contributed by atoms with van der Waals surface area (Å²) >= 11 is 13.5. The van der Waals surface area contributed by atoms with E-state index in [-0.39, 0.29) is 29.4 Å². The lowest BCUT2D eigenvalue weighted by molar-refractivity contribution is -0.136. The quantitative estimate of drug-likeness (QED) is 0.134. The van der Waals surface area contributed by atoms with Gasteiger partial charge in [0.05, 0.1) is 18.0 Å². The molecule has 2 aromatic carbocycles. The first-order chi connectivity index (χ1) is 22.1. The van der Waals surface area contributed by atoms with Crippen LogP contribution in [0, 0.1) is 10.8 Å². The molecule has 10 heteroatoms. The van der Waals surface area contributed by atoms with Gasteiger partial charge in [-0.2, -0.15) is 0 Å². The van der Waals surface area contributed by atoms with E-state index in [9.17, 15) is 24.6 Å². The van der Waals surface area contributed by atoms with Crippen LogP contribution >= 0.6 is 23.2 Å². The third kappa shape index (κ3) is 8.67. The Morgan fingerprint density at radius 2 is 1.83 bits per heavy atom. The number of nitrogens with zero attached hydrogens (tertiary/aromatic N) is 1. The van der Waals surface area contributed by atoms with Gasteiger partial charge in [0.15, 0.2) is 0 Å². The maximum absolute atomic E-state index is 14.3. The zero-order chi connectivity index (χ0) is 34.5. The van der Waals surface area contributed by atoms with Gasteiger partial charge in [0, 0.05) is 45.5 Å². The first-order valence-corrected chi connectivity index (χ1v) is 16.5. The number of hydrogen-bond donors (Lipinski definition) is 4. The number of aliphatic carboxylic acids is 2. The Balaban J connectivity index is 1.86. The van der Waals surface area contributed by atoms with Crippen molar-refractivity contribution in [1.29, 1.82) is 0 Å². The number of rotatable bonds is 12. The zero-order valence-corrected chi connectivity index (χ0v) is 28.9. The summed E-state index contributed by atoms with van der Waals surface area (Å²) in [6, 6.07) is 13.2. The molecule has 0 spiro atoms. The molecular formula is C37H43Cl2N3O5. The Bertz CT molecular complexity index is 1640. The minimum absolute atomic E-state index is 0.129. The molecule has 0 aromatic heterocycles. The summed E-state index contributed by atoms with van der Waals surface area (Å²) < 4.78 is 0. The molecule has 4 N–H and O–H groups in total. The van der Waals surface area contributed by atoms with Crippen LogP contribution in [-0.4, -0.2) is 51.6 Å². The predicted molar refractivity (Wildman–Crippen MR) is 187 cm³/mol. The maximum Gasteiger partial charge on any atom is 0.337 e. The van der Waals surface area contributed by atoms with Crippen LogP contribution in [0.4, 0.5) is 5.69 Å². The van der Waals surface area contributed by atoms with Crippen molar-refractivity contribution in [2.45, 2.75) is 71.9 Å². The Hall–Kier alpha value is -4.01. The average molecular weight is 681 g/mol.